The molecule has 0 amide bonds. The molecule has 0 saturated heterocycles. The van der Waals surface area contributed by atoms with Crippen LogP contribution in [0, 0.1) is 5.82 Å². The molecule has 0 unspecified atom stereocenters. The highest BCUT2D eigenvalue weighted by Gasteiger charge is 2.24. The number of hydrogen-bond acceptors (Lipinski definition) is 5. The van der Waals surface area contributed by atoms with E-state index in [1.807, 2.05) is 13.0 Å². The predicted molar refractivity (Wildman–Crippen MR) is 108 cm³/mol. The number of methoxy groups -OCH3 is 1. The molecule has 3 rings (SSSR count). The van der Waals surface area contributed by atoms with Crippen LogP contribution in [0.1, 0.15) is 40.9 Å². The lowest BCUT2D eigenvalue weighted by Crippen LogP contribution is -2.27. The Morgan fingerprint density at radius 3 is 2.62 bits per heavy atom. The summed E-state index contributed by atoms with van der Waals surface area (Å²) >= 11 is 0. The van der Waals surface area contributed by atoms with E-state index in [9.17, 15) is 14.0 Å². The predicted octanol–water partition coefficient (Wildman–Crippen LogP) is 3.41. The monoisotopic (exact) mass is 398 g/mol. The Morgan fingerprint density at radius 1 is 1.21 bits per heavy atom. The maximum atomic E-state index is 13.5. The van der Waals surface area contributed by atoms with E-state index in [1.165, 1.54) is 23.8 Å². The smallest absolute Gasteiger partial charge is 0.347 e. The number of halogens is 1. The molecule has 0 N–H and O–H groups in total. The summed E-state index contributed by atoms with van der Waals surface area (Å²) in [5, 5.41) is 0. The van der Waals surface area contributed by atoms with Gasteiger partial charge in [-0.25, -0.2) is 9.18 Å². The van der Waals surface area contributed by atoms with Crippen molar-refractivity contribution in [1.82, 2.24) is 9.55 Å². The van der Waals surface area contributed by atoms with Crippen LogP contribution in [0.25, 0.3) is 11.0 Å². The molecule has 3 aromatic rings. The third-order valence-corrected chi connectivity index (χ3v) is 4.87. The number of fused-ring (bicyclic) bond motifs is 1. The van der Waals surface area contributed by atoms with Crippen molar-refractivity contribution >= 4 is 17.0 Å². The summed E-state index contributed by atoms with van der Waals surface area (Å²) in [4.78, 5) is 29.5. The fourth-order valence-corrected chi connectivity index (χ4v) is 3.41. The number of nitrogens with zero attached hydrogens (tertiary/aromatic N) is 2. The van der Waals surface area contributed by atoms with Crippen LogP contribution in [-0.2, 0) is 24.6 Å². The zero-order valence-electron chi connectivity index (χ0n) is 16.9. The summed E-state index contributed by atoms with van der Waals surface area (Å²) in [7, 11) is 2.96. The SMILES string of the molecule is CCOC(=O)c1c(OC)c2ncc(Cc3ccc(F)cc3CC)cc2n(C)c1=O. The summed E-state index contributed by atoms with van der Waals surface area (Å²) in [5.41, 5.74) is 3.04. The number of ether oxygens (including phenoxy) is 2. The normalized spacial score (nSPS) is 10.9. The molecule has 0 bridgehead atoms. The van der Waals surface area contributed by atoms with Gasteiger partial charge in [0.15, 0.2) is 11.3 Å². The van der Waals surface area contributed by atoms with Gasteiger partial charge in [0.05, 0.1) is 19.2 Å². The van der Waals surface area contributed by atoms with Gasteiger partial charge < -0.3 is 14.0 Å². The van der Waals surface area contributed by atoms with E-state index in [0.29, 0.717) is 23.9 Å². The molecule has 0 fully saturated rings. The van der Waals surface area contributed by atoms with Crippen molar-refractivity contribution in [2.24, 2.45) is 7.05 Å². The molecular formula is C22H23FN2O4. The van der Waals surface area contributed by atoms with Crippen LogP contribution in [-0.4, -0.2) is 29.2 Å². The van der Waals surface area contributed by atoms with Gasteiger partial charge in [0.25, 0.3) is 5.56 Å². The molecule has 7 heteroatoms. The molecule has 1 aromatic carbocycles. The van der Waals surface area contributed by atoms with Crippen LogP contribution in [0.15, 0.2) is 35.3 Å². The lowest BCUT2D eigenvalue weighted by Gasteiger charge is -2.14. The molecule has 29 heavy (non-hydrogen) atoms. The maximum absolute atomic E-state index is 13.5. The first-order valence-corrected chi connectivity index (χ1v) is 9.41. The van der Waals surface area contributed by atoms with E-state index in [4.69, 9.17) is 9.47 Å². The average molecular weight is 398 g/mol. The summed E-state index contributed by atoms with van der Waals surface area (Å²) in [6.45, 7) is 3.79. The standard InChI is InChI=1S/C22H23FN2O4/c1-5-14-11-16(23)8-7-15(14)9-13-10-17-19(24-12-13)20(28-4)18(21(26)25(17)3)22(27)29-6-2/h7-8,10-12H,5-6,9H2,1-4H3. The maximum Gasteiger partial charge on any atom is 0.347 e. The van der Waals surface area contributed by atoms with Crippen molar-refractivity contribution in [1.29, 1.82) is 0 Å². The molecule has 152 valence electrons. The number of esters is 1. The molecule has 2 heterocycles. The van der Waals surface area contributed by atoms with E-state index in [1.54, 1.807) is 26.2 Å². The van der Waals surface area contributed by atoms with Gasteiger partial charge in [-0.15, -0.1) is 0 Å². The number of hydrogen-bond donors (Lipinski definition) is 0. The first kappa shape index (κ1) is 20.5. The van der Waals surface area contributed by atoms with E-state index in [-0.39, 0.29) is 23.7 Å². The lowest BCUT2D eigenvalue weighted by molar-refractivity contribution is 0.0520. The van der Waals surface area contributed by atoms with Gasteiger partial charge in [-0.2, -0.15) is 0 Å². The van der Waals surface area contributed by atoms with Crippen LogP contribution < -0.4 is 10.3 Å². The minimum Gasteiger partial charge on any atom is -0.493 e. The second-order valence-corrected chi connectivity index (χ2v) is 6.65. The molecule has 0 aliphatic carbocycles. The lowest BCUT2D eigenvalue weighted by atomic mass is 9.98. The Hall–Kier alpha value is -3.22. The number of aryl methyl sites for hydroxylation is 2. The van der Waals surface area contributed by atoms with E-state index >= 15 is 0 Å². The Kier molecular flexibility index (Phi) is 5.96. The fourth-order valence-electron chi connectivity index (χ4n) is 3.41. The Bertz CT molecular complexity index is 1140. The van der Waals surface area contributed by atoms with Gasteiger partial charge in [0, 0.05) is 13.2 Å². The minimum absolute atomic E-state index is 0.101. The van der Waals surface area contributed by atoms with Crippen molar-refractivity contribution in [3.63, 3.8) is 0 Å². The van der Waals surface area contributed by atoms with E-state index < -0.39 is 11.5 Å². The molecule has 0 saturated carbocycles. The first-order chi connectivity index (χ1) is 13.9. The molecule has 2 aromatic heterocycles. The van der Waals surface area contributed by atoms with Gasteiger partial charge in [-0.3, -0.25) is 9.78 Å². The zero-order valence-corrected chi connectivity index (χ0v) is 16.9. The Morgan fingerprint density at radius 2 is 1.97 bits per heavy atom. The first-order valence-electron chi connectivity index (χ1n) is 9.41. The van der Waals surface area contributed by atoms with Crippen LogP contribution >= 0.6 is 0 Å². The summed E-state index contributed by atoms with van der Waals surface area (Å²) in [6.07, 6.45) is 2.93. The van der Waals surface area contributed by atoms with Gasteiger partial charge in [0.1, 0.15) is 11.3 Å². The molecule has 0 aliphatic heterocycles. The van der Waals surface area contributed by atoms with Crippen LogP contribution in [0.5, 0.6) is 5.75 Å². The summed E-state index contributed by atoms with van der Waals surface area (Å²) < 4.78 is 25.2. The second kappa shape index (κ2) is 8.43. The molecule has 6 nitrogen and oxygen atoms in total. The van der Waals surface area contributed by atoms with Crippen LogP contribution in [0.2, 0.25) is 0 Å². The molecular weight excluding hydrogens is 375 g/mol. The molecule has 0 aliphatic rings. The molecule has 0 radical (unpaired) electrons. The number of aromatic nitrogens is 2. The largest absolute Gasteiger partial charge is 0.493 e. The third-order valence-electron chi connectivity index (χ3n) is 4.87. The van der Waals surface area contributed by atoms with Crippen LogP contribution in [0.4, 0.5) is 4.39 Å². The second-order valence-electron chi connectivity index (χ2n) is 6.65. The van der Waals surface area contributed by atoms with Gasteiger partial charge in [-0.05, 0) is 54.7 Å². The van der Waals surface area contributed by atoms with Crippen molar-refractivity contribution < 1.29 is 18.7 Å². The van der Waals surface area contributed by atoms with Crippen LogP contribution in [0.3, 0.4) is 0 Å². The number of benzene rings is 1. The topological polar surface area (TPSA) is 70.4 Å². The number of rotatable bonds is 6. The quantitative estimate of drug-likeness (QED) is 0.595. The Balaban J connectivity index is 2.14. The number of carbonyl (C=O) groups is 1. The highest BCUT2D eigenvalue weighted by molar-refractivity contribution is 5.98. The van der Waals surface area contributed by atoms with Gasteiger partial charge >= 0.3 is 5.97 Å². The van der Waals surface area contributed by atoms with E-state index in [0.717, 1.165) is 16.7 Å². The fraction of sp³-hybridized carbons (Fsp3) is 0.318. The average Bonchev–Trinajstić information content (AvgIpc) is 2.71. The zero-order chi connectivity index (χ0) is 21.1. The van der Waals surface area contributed by atoms with E-state index in [2.05, 4.69) is 4.98 Å². The molecule has 0 spiro atoms. The number of pyridine rings is 2. The highest BCUT2D eigenvalue weighted by atomic mass is 19.1. The van der Waals surface area contributed by atoms with Gasteiger partial charge in [-0.1, -0.05) is 13.0 Å². The summed E-state index contributed by atoms with van der Waals surface area (Å²) in [6, 6.07) is 6.58. The van der Waals surface area contributed by atoms with Crippen molar-refractivity contribution in [2.75, 3.05) is 13.7 Å². The Labute approximate surface area is 167 Å². The third kappa shape index (κ3) is 3.85. The molecule has 0 atom stereocenters. The highest BCUT2D eigenvalue weighted by Crippen LogP contribution is 2.27. The minimum atomic E-state index is -0.739. The van der Waals surface area contributed by atoms with Gasteiger partial charge in [0.2, 0.25) is 0 Å². The summed E-state index contributed by atoms with van der Waals surface area (Å²) in [5.74, 6) is -0.901. The number of carbonyl (C=O) groups excluding carboxylic acids is 1. The van der Waals surface area contributed by atoms with Crippen molar-refractivity contribution in [3.05, 3.63) is 68.9 Å². The van der Waals surface area contributed by atoms with Crippen molar-refractivity contribution in [3.8, 4) is 5.75 Å². The van der Waals surface area contributed by atoms with Crippen molar-refractivity contribution in [2.45, 2.75) is 26.7 Å².